The number of nitriles is 1. The first-order chi connectivity index (χ1) is 8.65. The highest BCUT2D eigenvalue weighted by atomic mass is 16.5. The second-order valence-electron chi connectivity index (χ2n) is 4.17. The van der Waals surface area contributed by atoms with Crippen molar-refractivity contribution in [3.8, 4) is 6.07 Å². The third kappa shape index (κ3) is 4.98. The van der Waals surface area contributed by atoms with Crippen molar-refractivity contribution in [3.05, 3.63) is 35.4 Å². The highest BCUT2D eigenvalue weighted by Crippen LogP contribution is 2.04. The van der Waals surface area contributed by atoms with Gasteiger partial charge in [0, 0.05) is 20.1 Å². The SMILES string of the molecule is COC(C)CCC(=O)NCc1ccc(C#N)cc1. The van der Waals surface area contributed by atoms with Gasteiger partial charge in [0.05, 0.1) is 17.7 Å². The highest BCUT2D eigenvalue weighted by Gasteiger charge is 2.05. The standard InChI is InChI=1S/C14H18N2O2/c1-11(18-2)3-8-14(17)16-10-13-6-4-12(9-15)5-7-13/h4-7,11H,3,8,10H2,1-2H3,(H,16,17). The van der Waals surface area contributed by atoms with Gasteiger partial charge in [0.1, 0.15) is 0 Å². The van der Waals surface area contributed by atoms with Gasteiger partial charge in [0.2, 0.25) is 5.91 Å². The van der Waals surface area contributed by atoms with Crippen LogP contribution in [0, 0.1) is 11.3 Å². The number of rotatable bonds is 6. The van der Waals surface area contributed by atoms with Crippen molar-refractivity contribution in [2.24, 2.45) is 0 Å². The molecule has 96 valence electrons. The summed E-state index contributed by atoms with van der Waals surface area (Å²) < 4.78 is 5.08. The summed E-state index contributed by atoms with van der Waals surface area (Å²) in [6.07, 6.45) is 1.28. The number of methoxy groups -OCH3 is 1. The Labute approximate surface area is 108 Å². The predicted octanol–water partition coefficient (Wildman–Crippen LogP) is 1.99. The number of carbonyl (C=O) groups is 1. The predicted molar refractivity (Wildman–Crippen MR) is 68.7 cm³/mol. The third-order valence-electron chi connectivity index (χ3n) is 2.75. The monoisotopic (exact) mass is 246 g/mol. The van der Waals surface area contributed by atoms with Gasteiger partial charge in [0.15, 0.2) is 0 Å². The summed E-state index contributed by atoms with van der Waals surface area (Å²) in [4.78, 5) is 11.5. The topological polar surface area (TPSA) is 62.1 Å². The first-order valence-electron chi connectivity index (χ1n) is 5.94. The van der Waals surface area contributed by atoms with Crippen LogP contribution in [-0.2, 0) is 16.1 Å². The van der Waals surface area contributed by atoms with E-state index in [-0.39, 0.29) is 12.0 Å². The molecular formula is C14H18N2O2. The van der Waals surface area contributed by atoms with E-state index in [0.717, 1.165) is 12.0 Å². The molecular weight excluding hydrogens is 228 g/mol. The molecule has 0 aliphatic rings. The minimum absolute atomic E-state index is 0.0169. The van der Waals surface area contributed by atoms with Crippen molar-refractivity contribution in [2.45, 2.75) is 32.4 Å². The van der Waals surface area contributed by atoms with Crippen molar-refractivity contribution in [1.82, 2.24) is 5.32 Å². The van der Waals surface area contributed by atoms with E-state index in [0.29, 0.717) is 18.5 Å². The highest BCUT2D eigenvalue weighted by molar-refractivity contribution is 5.75. The van der Waals surface area contributed by atoms with Crippen molar-refractivity contribution in [3.63, 3.8) is 0 Å². The molecule has 1 aromatic carbocycles. The first-order valence-corrected chi connectivity index (χ1v) is 5.94. The van der Waals surface area contributed by atoms with Crippen LogP contribution in [0.15, 0.2) is 24.3 Å². The van der Waals surface area contributed by atoms with E-state index in [1.807, 2.05) is 19.1 Å². The van der Waals surface area contributed by atoms with Crippen LogP contribution in [-0.4, -0.2) is 19.1 Å². The lowest BCUT2D eigenvalue weighted by Crippen LogP contribution is -2.23. The molecule has 0 aromatic heterocycles. The zero-order valence-electron chi connectivity index (χ0n) is 10.8. The van der Waals surface area contributed by atoms with Crippen LogP contribution >= 0.6 is 0 Å². The summed E-state index contributed by atoms with van der Waals surface area (Å²) in [5.41, 5.74) is 1.61. The lowest BCUT2D eigenvalue weighted by molar-refractivity contribution is -0.121. The van der Waals surface area contributed by atoms with Crippen LogP contribution in [0.3, 0.4) is 0 Å². The normalized spacial score (nSPS) is 11.6. The largest absolute Gasteiger partial charge is 0.382 e. The van der Waals surface area contributed by atoms with Gasteiger partial charge < -0.3 is 10.1 Å². The van der Waals surface area contributed by atoms with Crippen LogP contribution in [0.25, 0.3) is 0 Å². The van der Waals surface area contributed by atoms with Gasteiger partial charge in [-0.05, 0) is 31.0 Å². The number of carbonyl (C=O) groups excluding carboxylic acids is 1. The average molecular weight is 246 g/mol. The van der Waals surface area contributed by atoms with Crippen molar-refractivity contribution in [1.29, 1.82) is 5.26 Å². The number of amides is 1. The molecule has 0 saturated carbocycles. The molecule has 0 fully saturated rings. The van der Waals surface area contributed by atoms with Crippen LogP contribution < -0.4 is 5.32 Å². The van der Waals surface area contributed by atoms with E-state index in [1.54, 1.807) is 19.2 Å². The fraction of sp³-hybridized carbons (Fsp3) is 0.429. The molecule has 0 spiro atoms. The van der Waals surface area contributed by atoms with Gasteiger partial charge in [-0.25, -0.2) is 0 Å². The molecule has 18 heavy (non-hydrogen) atoms. The van der Waals surface area contributed by atoms with E-state index in [1.165, 1.54) is 0 Å². The Morgan fingerprint density at radius 1 is 1.44 bits per heavy atom. The van der Waals surface area contributed by atoms with Crippen molar-refractivity contribution >= 4 is 5.91 Å². The van der Waals surface area contributed by atoms with Gasteiger partial charge in [-0.15, -0.1) is 0 Å². The van der Waals surface area contributed by atoms with Crippen LogP contribution in [0.1, 0.15) is 30.9 Å². The van der Waals surface area contributed by atoms with E-state index in [9.17, 15) is 4.79 Å². The maximum absolute atomic E-state index is 11.5. The minimum Gasteiger partial charge on any atom is -0.382 e. The Bertz CT molecular complexity index is 420. The van der Waals surface area contributed by atoms with Crippen molar-refractivity contribution < 1.29 is 9.53 Å². The van der Waals surface area contributed by atoms with Crippen LogP contribution in [0.5, 0.6) is 0 Å². The number of ether oxygens (including phenoxy) is 1. The van der Waals surface area contributed by atoms with E-state index in [4.69, 9.17) is 10.00 Å². The molecule has 1 N–H and O–H groups in total. The molecule has 1 rings (SSSR count). The molecule has 0 saturated heterocycles. The number of hydrogen-bond acceptors (Lipinski definition) is 3. The number of hydrogen-bond donors (Lipinski definition) is 1. The Kier molecular flexibility index (Phi) is 5.89. The average Bonchev–Trinajstić information content (AvgIpc) is 2.42. The van der Waals surface area contributed by atoms with E-state index in [2.05, 4.69) is 11.4 Å². The van der Waals surface area contributed by atoms with E-state index >= 15 is 0 Å². The van der Waals surface area contributed by atoms with Gasteiger partial charge in [-0.2, -0.15) is 5.26 Å². The van der Waals surface area contributed by atoms with Crippen LogP contribution in [0.4, 0.5) is 0 Å². The smallest absolute Gasteiger partial charge is 0.220 e. The zero-order valence-corrected chi connectivity index (χ0v) is 10.8. The molecule has 1 amide bonds. The van der Waals surface area contributed by atoms with E-state index < -0.39 is 0 Å². The third-order valence-corrected chi connectivity index (χ3v) is 2.75. The lowest BCUT2D eigenvalue weighted by Gasteiger charge is -2.09. The zero-order chi connectivity index (χ0) is 13.4. The summed E-state index contributed by atoms with van der Waals surface area (Å²) in [6.45, 7) is 2.43. The molecule has 0 aliphatic heterocycles. The quantitative estimate of drug-likeness (QED) is 0.835. The molecule has 1 aromatic rings. The Hall–Kier alpha value is -1.86. The number of nitrogens with one attached hydrogen (secondary N) is 1. The molecule has 0 heterocycles. The summed E-state index contributed by atoms with van der Waals surface area (Å²) in [5, 5.41) is 11.5. The van der Waals surface area contributed by atoms with Gasteiger partial charge in [-0.3, -0.25) is 4.79 Å². The summed E-state index contributed by atoms with van der Waals surface area (Å²) in [6, 6.07) is 9.23. The van der Waals surface area contributed by atoms with Crippen molar-refractivity contribution in [2.75, 3.05) is 7.11 Å². The molecule has 4 heteroatoms. The summed E-state index contributed by atoms with van der Waals surface area (Å²) in [5.74, 6) is 0.0169. The van der Waals surface area contributed by atoms with Gasteiger partial charge in [-0.1, -0.05) is 12.1 Å². The summed E-state index contributed by atoms with van der Waals surface area (Å²) >= 11 is 0. The fourth-order valence-corrected chi connectivity index (χ4v) is 1.44. The van der Waals surface area contributed by atoms with Gasteiger partial charge in [0.25, 0.3) is 0 Å². The molecule has 0 radical (unpaired) electrons. The molecule has 1 unspecified atom stereocenters. The Morgan fingerprint density at radius 3 is 2.67 bits per heavy atom. The molecule has 0 aliphatic carbocycles. The molecule has 1 atom stereocenters. The number of nitrogens with zero attached hydrogens (tertiary/aromatic N) is 1. The van der Waals surface area contributed by atoms with Crippen LogP contribution in [0.2, 0.25) is 0 Å². The molecule has 4 nitrogen and oxygen atoms in total. The number of benzene rings is 1. The Balaban J connectivity index is 2.31. The van der Waals surface area contributed by atoms with Gasteiger partial charge >= 0.3 is 0 Å². The Morgan fingerprint density at radius 2 is 2.11 bits per heavy atom. The first kappa shape index (κ1) is 14.2. The molecule has 0 bridgehead atoms. The summed E-state index contributed by atoms with van der Waals surface area (Å²) in [7, 11) is 1.64. The maximum atomic E-state index is 11.5. The maximum Gasteiger partial charge on any atom is 0.220 e. The lowest BCUT2D eigenvalue weighted by atomic mass is 10.1. The second-order valence-corrected chi connectivity index (χ2v) is 4.17. The fourth-order valence-electron chi connectivity index (χ4n) is 1.44. The second kappa shape index (κ2) is 7.46. The minimum atomic E-state index is 0.0169.